The molecule has 1 saturated carbocycles. The van der Waals surface area contributed by atoms with Crippen molar-refractivity contribution in [2.45, 2.75) is 18.9 Å². The Kier molecular flexibility index (Phi) is 6.55. The maximum atomic E-state index is 13.2. The van der Waals surface area contributed by atoms with Gasteiger partial charge in [0.2, 0.25) is 0 Å². The normalized spacial score (nSPS) is 16.8. The standard InChI is InChI=1S/C30H32N6O2/c1-35-15-17-36(18-16-35)24-12-9-22(10-13-24)29(37)32-28-25-19-23(11-14-26(25)33-34-28)30(38)31-27(21-7-8-21)20-5-3-2-4-6-20/h2-6,9-14,19,21,27H,7-8,15-18H2,1H3,(H,31,38)(H2,32,33,34,37). The van der Waals surface area contributed by atoms with Crippen molar-refractivity contribution in [3.8, 4) is 0 Å². The average Bonchev–Trinajstić information content (AvgIpc) is 3.73. The molecular weight excluding hydrogens is 476 g/mol. The number of anilines is 2. The van der Waals surface area contributed by atoms with Gasteiger partial charge in [-0.1, -0.05) is 30.3 Å². The summed E-state index contributed by atoms with van der Waals surface area (Å²) in [6.07, 6.45) is 2.24. The molecule has 1 unspecified atom stereocenters. The summed E-state index contributed by atoms with van der Waals surface area (Å²) in [7, 11) is 2.13. The minimum absolute atomic E-state index is 0.00302. The second kappa shape index (κ2) is 10.3. The molecule has 2 amide bonds. The van der Waals surface area contributed by atoms with Crippen LogP contribution >= 0.6 is 0 Å². The summed E-state index contributed by atoms with van der Waals surface area (Å²) in [4.78, 5) is 30.9. The van der Waals surface area contributed by atoms with Crippen LogP contribution in [0.1, 0.15) is 45.2 Å². The molecule has 2 fully saturated rings. The van der Waals surface area contributed by atoms with Crippen LogP contribution in [0.25, 0.3) is 10.9 Å². The molecule has 38 heavy (non-hydrogen) atoms. The van der Waals surface area contributed by atoms with Crippen LogP contribution in [0.15, 0.2) is 72.8 Å². The van der Waals surface area contributed by atoms with Gasteiger partial charge in [0.25, 0.3) is 11.8 Å². The minimum Gasteiger partial charge on any atom is -0.369 e. The van der Waals surface area contributed by atoms with Gasteiger partial charge in [-0.3, -0.25) is 14.7 Å². The second-order valence-electron chi connectivity index (χ2n) is 10.3. The van der Waals surface area contributed by atoms with Gasteiger partial charge in [-0.15, -0.1) is 0 Å². The van der Waals surface area contributed by atoms with E-state index in [2.05, 4.69) is 49.8 Å². The number of likely N-dealkylation sites (N-methyl/N-ethyl adjacent to an activating group) is 1. The number of fused-ring (bicyclic) bond motifs is 1. The Bertz CT molecular complexity index is 1440. The topological polar surface area (TPSA) is 93.4 Å². The van der Waals surface area contributed by atoms with Gasteiger partial charge in [-0.2, -0.15) is 5.10 Å². The van der Waals surface area contributed by atoms with Crippen molar-refractivity contribution < 1.29 is 9.59 Å². The zero-order valence-electron chi connectivity index (χ0n) is 21.5. The number of nitrogens with one attached hydrogen (secondary N) is 3. The predicted molar refractivity (Wildman–Crippen MR) is 150 cm³/mol. The number of aromatic amines is 1. The van der Waals surface area contributed by atoms with Gasteiger partial charge < -0.3 is 20.4 Å². The molecule has 8 heteroatoms. The first-order chi connectivity index (χ1) is 18.5. The molecule has 1 saturated heterocycles. The number of carbonyl (C=O) groups is 2. The van der Waals surface area contributed by atoms with Gasteiger partial charge in [0.15, 0.2) is 5.82 Å². The highest BCUT2D eigenvalue weighted by Gasteiger charge is 2.33. The van der Waals surface area contributed by atoms with E-state index in [1.165, 1.54) is 0 Å². The van der Waals surface area contributed by atoms with Gasteiger partial charge in [0.1, 0.15) is 0 Å². The first kappa shape index (κ1) is 24.2. The first-order valence-electron chi connectivity index (χ1n) is 13.2. The maximum absolute atomic E-state index is 13.2. The number of benzene rings is 3. The van der Waals surface area contributed by atoms with Crippen LogP contribution in [0.3, 0.4) is 0 Å². The molecule has 0 spiro atoms. The van der Waals surface area contributed by atoms with E-state index in [0.29, 0.717) is 28.2 Å². The van der Waals surface area contributed by atoms with Crippen LogP contribution in [-0.2, 0) is 0 Å². The summed E-state index contributed by atoms with van der Waals surface area (Å²) in [5.41, 5.74) is 4.09. The number of aromatic nitrogens is 2. The molecule has 2 heterocycles. The zero-order chi connectivity index (χ0) is 26.1. The Hall–Kier alpha value is -4.17. The van der Waals surface area contributed by atoms with Crippen LogP contribution in [-0.4, -0.2) is 60.1 Å². The van der Waals surface area contributed by atoms with Gasteiger partial charge in [-0.05, 0) is 73.8 Å². The van der Waals surface area contributed by atoms with E-state index in [9.17, 15) is 9.59 Å². The molecule has 194 valence electrons. The molecule has 1 aromatic heterocycles. The number of rotatable bonds is 7. The van der Waals surface area contributed by atoms with Crippen molar-refractivity contribution in [2.24, 2.45) is 5.92 Å². The van der Waals surface area contributed by atoms with E-state index < -0.39 is 0 Å². The molecular formula is C30H32N6O2. The number of amides is 2. The van der Waals surface area contributed by atoms with Crippen LogP contribution in [0.2, 0.25) is 0 Å². The monoisotopic (exact) mass is 508 g/mol. The summed E-state index contributed by atoms with van der Waals surface area (Å²) < 4.78 is 0. The quantitative estimate of drug-likeness (QED) is 0.343. The molecule has 1 aliphatic heterocycles. The number of H-pyrrole nitrogens is 1. The summed E-state index contributed by atoms with van der Waals surface area (Å²) >= 11 is 0. The Morgan fingerprint density at radius 1 is 0.895 bits per heavy atom. The van der Waals surface area contributed by atoms with Crippen molar-refractivity contribution in [1.29, 1.82) is 0 Å². The third kappa shape index (κ3) is 5.13. The van der Waals surface area contributed by atoms with Crippen LogP contribution in [0, 0.1) is 5.92 Å². The number of hydrogen-bond acceptors (Lipinski definition) is 5. The predicted octanol–water partition coefficient (Wildman–Crippen LogP) is 4.45. The lowest BCUT2D eigenvalue weighted by Crippen LogP contribution is -2.44. The Morgan fingerprint density at radius 2 is 1.61 bits per heavy atom. The molecule has 3 N–H and O–H groups in total. The van der Waals surface area contributed by atoms with Crippen molar-refractivity contribution >= 4 is 34.2 Å². The Labute approximate surface area is 222 Å². The molecule has 1 aliphatic carbocycles. The van der Waals surface area contributed by atoms with E-state index in [1.807, 2.05) is 48.5 Å². The summed E-state index contributed by atoms with van der Waals surface area (Å²) in [5.74, 6) is 0.503. The average molecular weight is 509 g/mol. The summed E-state index contributed by atoms with van der Waals surface area (Å²) in [5, 5.41) is 14.1. The highest BCUT2D eigenvalue weighted by molar-refractivity contribution is 6.09. The number of carbonyl (C=O) groups excluding carboxylic acids is 2. The molecule has 4 aromatic rings. The smallest absolute Gasteiger partial charge is 0.256 e. The molecule has 8 nitrogen and oxygen atoms in total. The first-order valence-corrected chi connectivity index (χ1v) is 13.2. The molecule has 0 bridgehead atoms. The SMILES string of the molecule is CN1CCN(c2ccc(C(=O)Nc3n[nH]c4ccc(C(=O)NC(c5ccccc5)C5CC5)cc34)cc2)CC1. The molecule has 3 aromatic carbocycles. The Balaban J connectivity index is 1.16. The molecule has 0 radical (unpaired) electrons. The molecule has 1 atom stereocenters. The second-order valence-corrected chi connectivity index (χ2v) is 10.3. The Morgan fingerprint density at radius 3 is 2.32 bits per heavy atom. The zero-order valence-corrected chi connectivity index (χ0v) is 21.5. The lowest BCUT2D eigenvalue weighted by atomic mass is 10.0. The highest BCUT2D eigenvalue weighted by Crippen LogP contribution is 2.41. The highest BCUT2D eigenvalue weighted by atomic mass is 16.2. The maximum Gasteiger partial charge on any atom is 0.256 e. The fourth-order valence-corrected chi connectivity index (χ4v) is 5.11. The van der Waals surface area contributed by atoms with Gasteiger partial charge in [0.05, 0.1) is 11.6 Å². The number of piperazine rings is 1. The van der Waals surface area contributed by atoms with E-state index >= 15 is 0 Å². The van der Waals surface area contributed by atoms with Gasteiger partial charge in [-0.25, -0.2) is 0 Å². The fraction of sp³-hybridized carbons (Fsp3) is 0.300. The molecule has 2 aliphatic rings. The van der Waals surface area contributed by atoms with Crippen LogP contribution < -0.4 is 15.5 Å². The molecule has 6 rings (SSSR count). The summed E-state index contributed by atoms with van der Waals surface area (Å²) in [6.45, 7) is 4.01. The van der Waals surface area contributed by atoms with Crippen molar-refractivity contribution in [2.75, 3.05) is 43.4 Å². The fourth-order valence-electron chi connectivity index (χ4n) is 5.11. The minimum atomic E-state index is -0.240. The van der Waals surface area contributed by atoms with Gasteiger partial charge >= 0.3 is 0 Å². The van der Waals surface area contributed by atoms with E-state index in [0.717, 1.165) is 55.8 Å². The van der Waals surface area contributed by atoms with Crippen molar-refractivity contribution in [3.63, 3.8) is 0 Å². The van der Waals surface area contributed by atoms with E-state index in [4.69, 9.17) is 0 Å². The van der Waals surface area contributed by atoms with Crippen molar-refractivity contribution in [1.82, 2.24) is 20.4 Å². The van der Waals surface area contributed by atoms with E-state index in [-0.39, 0.29) is 17.9 Å². The number of hydrogen-bond donors (Lipinski definition) is 3. The summed E-state index contributed by atoms with van der Waals surface area (Å²) in [6, 6.07) is 23.2. The van der Waals surface area contributed by atoms with Gasteiger partial charge in [0, 0.05) is 48.4 Å². The van der Waals surface area contributed by atoms with Crippen molar-refractivity contribution in [3.05, 3.63) is 89.5 Å². The third-order valence-corrected chi connectivity index (χ3v) is 7.59. The van der Waals surface area contributed by atoms with Crippen LogP contribution in [0.4, 0.5) is 11.5 Å². The lowest BCUT2D eigenvalue weighted by Gasteiger charge is -2.34. The van der Waals surface area contributed by atoms with Crippen LogP contribution in [0.5, 0.6) is 0 Å². The lowest BCUT2D eigenvalue weighted by molar-refractivity contribution is 0.0931. The third-order valence-electron chi connectivity index (χ3n) is 7.59. The largest absolute Gasteiger partial charge is 0.369 e. The number of nitrogens with zero attached hydrogens (tertiary/aromatic N) is 3. The van der Waals surface area contributed by atoms with E-state index in [1.54, 1.807) is 12.1 Å².